The number of nitrogens with one attached hydrogen (secondary N) is 1. The highest BCUT2D eigenvalue weighted by molar-refractivity contribution is 9.10. The lowest BCUT2D eigenvalue weighted by molar-refractivity contribution is 0.394. The summed E-state index contributed by atoms with van der Waals surface area (Å²) in [5.41, 5.74) is 1.30. The molecular weight excluding hydrogens is 302 g/mol. The fourth-order valence-corrected chi connectivity index (χ4v) is 2.79. The molecule has 1 aromatic rings. The van der Waals surface area contributed by atoms with Gasteiger partial charge in [0.05, 0.1) is 7.11 Å². The van der Waals surface area contributed by atoms with Gasteiger partial charge in [-0.25, -0.2) is 0 Å². The molecule has 1 N–H and O–H groups in total. The molecule has 0 bridgehead atoms. The number of ether oxygens (including phenoxy) is 1. The van der Waals surface area contributed by atoms with E-state index in [0.717, 1.165) is 29.7 Å². The summed E-state index contributed by atoms with van der Waals surface area (Å²) in [5, 5.41) is 3.54. The first-order valence-corrected chi connectivity index (χ1v) is 8.03. The molecule has 0 aliphatic rings. The third-order valence-corrected chi connectivity index (χ3v) is 3.80. The van der Waals surface area contributed by atoms with Crippen LogP contribution >= 0.6 is 15.9 Å². The molecule has 3 heteroatoms. The molecule has 0 saturated carbocycles. The highest BCUT2D eigenvalue weighted by Crippen LogP contribution is 2.26. The zero-order chi connectivity index (χ0) is 14.1. The van der Waals surface area contributed by atoms with Gasteiger partial charge in [-0.15, -0.1) is 0 Å². The van der Waals surface area contributed by atoms with E-state index in [1.807, 2.05) is 12.1 Å². The fourth-order valence-electron chi connectivity index (χ4n) is 2.39. The third-order valence-electron chi connectivity index (χ3n) is 3.31. The number of methoxy groups -OCH3 is 1. The van der Waals surface area contributed by atoms with Crippen LogP contribution < -0.4 is 10.1 Å². The molecule has 0 fully saturated rings. The predicted molar refractivity (Wildman–Crippen MR) is 86.0 cm³/mol. The monoisotopic (exact) mass is 327 g/mol. The van der Waals surface area contributed by atoms with Gasteiger partial charge in [0, 0.05) is 4.47 Å². The molecule has 0 aromatic heterocycles. The van der Waals surface area contributed by atoms with Crippen LogP contribution in [0.4, 0.5) is 0 Å². The summed E-state index contributed by atoms with van der Waals surface area (Å²) in [6.07, 6.45) is 4.76. The van der Waals surface area contributed by atoms with E-state index in [9.17, 15) is 0 Å². The fraction of sp³-hybridized carbons (Fsp3) is 0.625. The molecule has 1 rings (SSSR count). The van der Waals surface area contributed by atoms with E-state index in [1.54, 1.807) is 7.11 Å². The highest BCUT2D eigenvalue weighted by Gasteiger charge is 2.12. The SMILES string of the molecule is CCCNCC(CCC)Cc1cc(Br)ccc1OC. The predicted octanol–water partition coefficient (Wildman–Crippen LogP) is 4.42. The Kier molecular flexibility index (Phi) is 8.15. The van der Waals surface area contributed by atoms with Crippen LogP contribution in [-0.4, -0.2) is 20.2 Å². The molecule has 0 aliphatic carbocycles. The molecule has 0 radical (unpaired) electrons. The molecule has 0 saturated heterocycles. The molecule has 1 unspecified atom stereocenters. The largest absolute Gasteiger partial charge is 0.496 e. The average molecular weight is 328 g/mol. The quantitative estimate of drug-likeness (QED) is 0.678. The molecule has 2 nitrogen and oxygen atoms in total. The van der Waals surface area contributed by atoms with Gasteiger partial charge in [-0.2, -0.15) is 0 Å². The molecule has 108 valence electrons. The lowest BCUT2D eigenvalue weighted by atomic mass is 9.94. The normalized spacial score (nSPS) is 12.4. The van der Waals surface area contributed by atoms with E-state index >= 15 is 0 Å². The molecule has 19 heavy (non-hydrogen) atoms. The van der Waals surface area contributed by atoms with E-state index in [4.69, 9.17) is 4.74 Å². The van der Waals surface area contributed by atoms with Crippen molar-refractivity contribution in [2.45, 2.75) is 39.5 Å². The smallest absolute Gasteiger partial charge is 0.122 e. The summed E-state index contributed by atoms with van der Waals surface area (Å²) in [7, 11) is 1.75. The van der Waals surface area contributed by atoms with Crippen LogP contribution in [0.15, 0.2) is 22.7 Å². The Balaban J connectivity index is 2.68. The number of rotatable bonds is 9. The van der Waals surface area contributed by atoms with Gasteiger partial charge in [0.25, 0.3) is 0 Å². The van der Waals surface area contributed by atoms with Gasteiger partial charge >= 0.3 is 0 Å². The molecule has 0 aliphatic heterocycles. The van der Waals surface area contributed by atoms with Gasteiger partial charge < -0.3 is 10.1 Å². The van der Waals surface area contributed by atoms with Gasteiger partial charge in [-0.05, 0) is 62.0 Å². The number of hydrogen-bond acceptors (Lipinski definition) is 2. The Morgan fingerprint density at radius 1 is 1.26 bits per heavy atom. The molecule has 1 atom stereocenters. The Bertz CT molecular complexity index is 368. The first-order chi connectivity index (χ1) is 9.21. The third kappa shape index (κ3) is 5.96. The number of halogens is 1. The second kappa shape index (κ2) is 9.38. The Morgan fingerprint density at radius 2 is 2.05 bits per heavy atom. The van der Waals surface area contributed by atoms with Crippen LogP contribution in [0.3, 0.4) is 0 Å². The van der Waals surface area contributed by atoms with Crippen molar-refractivity contribution in [2.24, 2.45) is 5.92 Å². The summed E-state index contributed by atoms with van der Waals surface area (Å²) in [4.78, 5) is 0. The molecular formula is C16H26BrNO. The van der Waals surface area contributed by atoms with Crippen LogP contribution in [0.25, 0.3) is 0 Å². The van der Waals surface area contributed by atoms with E-state index < -0.39 is 0 Å². The van der Waals surface area contributed by atoms with Crippen LogP contribution in [0, 0.1) is 5.92 Å². The second-order valence-corrected chi connectivity index (χ2v) is 5.93. The van der Waals surface area contributed by atoms with Crippen molar-refractivity contribution in [1.29, 1.82) is 0 Å². The van der Waals surface area contributed by atoms with E-state index in [2.05, 4.69) is 41.2 Å². The van der Waals surface area contributed by atoms with Crippen LogP contribution in [0.2, 0.25) is 0 Å². The van der Waals surface area contributed by atoms with Gasteiger partial charge in [-0.1, -0.05) is 36.2 Å². The first kappa shape index (κ1) is 16.5. The highest BCUT2D eigenvalue weighted by atomic mass is 79.9. The summed E-state index contributed by atoms with van der Waals surface area (Å²) >= 11 is 3.55. The van der Waals surface area contributed by atoms with Crippen molar-refractivity contribution in [3.63, 3.8) is 0 Å². The van der Waals surface area contributed by atoms with Crippen molar-refractivity contribution >= 4 is 15.9 Å². The average Bonchev–Trinajstić information content (AvgIpc) is 2.39. The van der Waals surface area contributed by atoms with Crippen molar-refractivity contribution in [1.82, 2.24) is 5.32 Å². The van der Waals surface area contributed by atoms with Crippen molar-refractivity contribution in [3.8, 4) is 5.75 Å². The number of benzene rings is 1. The maximum Gasteiger partial charge on any atom is 0.122 e. The van der Waals surface area contributed by atoms with E-state index in [-0.39, 0.29) is 0 Å². The lowest BCUT2D eigenvalue weighted by Gasteiger charge is -2.18. The van der Waals surface area contributed by atoms with Crippen molar-refractivity contribution < 1.29 is 4.74 Å². The van der Waals surface area contributed by atoms with Crippen LogP contribution in [0.5, 0.6) is 5.75 Å². The zero-order valence-electron chi connectivity index (χ0n) is 12.3. The molecule has 0 spiro atoms. The minimum atomic E-state index is 0.680. The second-order valence-electron chi connectivity index (χ2n) is 5.02. The zero-order valence-corrected chi connectivity index (χ0v) is 13.9. The van der Waals surface area contributed by atoms with Gasteiger partial charge in [0.15, 0.2) is 0 Å². The molecule has 1 aromatic carbocycles. The topological polar surface area (TPSA) is 21.3 Å². The summed E-state index contributed by atoms with van der Waals surface area (Å²) in [6.45, 7) is 6.66. The first-order valence-electron chi connectivity index (χ1n) is 7.24. The number of hydrogen-bond donors (Lipinski definition) is 1. The molecule has 0 amide bonds. The van der Waals surface area contributed by atoms with E-state index in [0.29, 0.717) is 5.92 Å². The Hall–Kier alpha value is -0.540. The standard InChI is InChI=1S/C16H26BrNO/c1-4-6-13(12-18-9-5-2)10-14-11-15(17)7-8-16(14)19-3/h7-8,11,13,18H,4-6,9-10,12H2,1-3H3. The Morgan fingerprint density at radius 3 is 2.68 bits per heavy atom. The van der Waals surface area contributed by atoms with Crippen molar-refractivity contribution in [2.75, 3.05) is 20.2 Å². The summed E-state index contributed by atoms with van der Waals surface area (Å²) in [6, 6.07) is 6.26. The van der Waals surface area contributed by atoms with Gasteiger partial charge in [0.2, 0.25) is 0 Å². The van der Waals surface area contributed by atoms with Gasteiger partial charge in [0.1, 0.15) is 5.75 Å². The summed E-state index contributed by atoms with van der Waals surface area (Å²) in [5.74, 6) is 1.68. The summed E-state index contributed by atoms with van der Waals surface area (Å²) < 4.78 is 6.59. The maximum atomic E-state index is 5.46. The maximum absolute atomic E-state index is 5.46. The van der Waals surface area contributed by atoms with Gasteiger partial charge in [-0.3, -0.25) is 0 Å². The molecule has 0 heterocycles. The van der Waals surface area contributed by atoms with Crippen molar-refractivity contribution in [3.05, 3.63) is 28.2 Å². The van der Waals surface area contributed by atoms with E-state index in [1.165, 1.54) is 24.8 Å². The van der Waals surface area contributed by atoms with Crippen LogP contribution in [0.1, 0.15) is 38.7 Å². The lowest BCUT2D eigenvalue weighted by Crippen LogP contribution is -2.25. The minimum Gasteiger partial charge on any atom is -0.496 e. The minimum absolute atomic E-state index is 0.680. The van der Waals surface area contributed by atoms with Crippen LogP contribution in [-0.2, 0) is 6.42 Å². The Labute approximate surface area is 126 Å².